The Morgan fingerprint density at radius 2 is 1.19 bits per heavy atom. The van der Waals surface area contributed by atoms with Gasteiger partial charge in [-0.2, -0.15) is 9.97 Å². The van der Waals surface area contributed by atoms with Gasteiger partial charge in [-0.3, -0.25) is 19.6 Å². The maximum atomic E-state index is 12.1. The van der Waals surface area contributed by atoms with Crippen molar-refractivity contribution in [3.8, 4) is 0 Å². The number of hydrogen-bond acceptors (Lipinski definition) is 8. The van der Waals surface area contributed by atoms with Gasteiger partial charge in [0.05, 0.1) is 25.2 Å². The summed E-state index contributed by atoms with van der Waals surface area (Å²) in [5.74, 6) is -4.14. The second-order valence-corrected chi connectivity index (χ2v) is 4.19. The van der Waals surface area contributed by atoms with E-state index in [0.29, 0.717) is 0 Å². The Morgan fingerprint density at radius 1 is 0.885 bits per heavy atom. The van der Waals surface area contributed by atoms with Gasteiger partial charge in [0, 0.05) is 0 Å². The largest absolute Gasteiger partial charge is 0.481 e. The topological polar surface area (TPSA) is 218 Å². The summed E-state index contributed by atoms with van der Waals surface area (Å²) >= 11 is 0. The number of aromatic amines is 2. The van der Waals surface area contributed by atoms with E-state index in [1.165, 1.54) is 0 Å². The number of rotatable bonds is 3. The van der Waals surface area contributed by atoms with Gasteiger partial charge in [-0.25, -0.2) is 18.4 Å². The Labute approximate surface area is 142 Å². The first-order valence-electron chi connectivity index (χ1n) is 6.47. The van der Waals surface area contributed by atoms with Crippen LogP contribution in [0.1, 0.15) is 12.8 Å². The molecule has 142 valence electrons. The van der Waals surface area contributed by atoms with Gasteiger partial charge in [-0.1, -0.05) is 0 Å². The minimum atomic E-state index is -1.08. The molecule has 0 aliphatic rings. The van der Waals surface area contributed by atoms with Crippen molar-refractivity contribution < 1.29 is 28.6 Å². The van der Waals surface area contributed by atoms with Crippen molar-refractivity contribution in [2.75, 3.05) is 11.5 Å². The number of nitrogens with zero attached hydrogens (tertiary/aromatic N) is 2. The summed E-state index contributed by atoms with van der Waals surface area (Å²) in [5.41, 5.74) is 8.61. The monoisotopic (exact) mass is 376 g/mol. The molecule has 2 heterocycles. The van der Waals surface area contributed by atoms with Crippen molar-refractivity contribution in [1.29, 1.82) is 0 Å². The van der Waals surface area contributed by atoms with Gasteiger partial charge in [0.15, 0.2) is 11.6 Å². The number of nitrogen functional groups attached to an aromatic ring is 2. The summed E-state index contributed by atoms with van der Waals surface area (Å²) in [6.45, 7) is 0. The molecule has 0 unspecified atom stereocenters. The summed E-state index contributed by atoms with van der Waals surface area (Å²) in [5, 5.41) is 15.8. The van der Waals surface area contributed by atoms with Crippen molar-refractivity contribution >= 4 is 23.6 Å². The van der Waals surface area contributed by atoms with E-state index in [-0.39, 0.29) is 24.5 Å². The highest BCUT2D eigenvalue weighted by Crippen LogP contribution is 1.97. The number of H-pyrrole nitrogens is 2. The fourth-order valence-electron chi connectivity index (χ4n) is 0.998. The van der Waals surface area contributed by atoms with Crippen LogP contribution in [-0.2, 0) is 9.59 Å². The molecule has 0 aromatic carbocycles. The number of anilines is 2. The molecule has 26 heavy (non-hydrogen) atoms. The molecule has 0 radical (unpaired) electrons. The number of nitrogens with one attached hydrogen (secondary N) is 2. The van der Waals surface area contributed by atoms with E-state index in [2.05, 4.69) is 9.97 Å². The maximum absolute atomic E-state index is 12.1. The van der Waals surface area contributed by atoms with Crippen LogP contribution in [-0.4, -0.2) is 42.1 Å². The molecule has 12 nitrogen and oxygen atoms in total. The zero-order valence-electron chi connectivity index (χ0n) is 12.9. The number of carboxylic acid groups (broad SMARTS) is 2. The fourth-order valence-corrected chi connectivity index (χ4v) is 0.998. The molecular formula is C12H14F2N6O6. The summed E-state index contributed by atoms with van der Waals surface area (Å²) in [4.78, 5) is 49.8. The van der Waals surface area contributed by atoms with Crippen LogP contribution in [0, 0.1) is 11.6 Å². The molecule has 0 aliphatic heterocycles. The lowest BCUT2D eigenvalue weighted by Gasteiger charge is -1.89. The minimum absolute atomic E-state index is 0.282. The van der Waals surface area contributed by atoms with Crippen molar-refractivity contribution in [3.05, 3.63) is 45.0 Å². The summed E-state index contributed by atoms with van der Waals surface area (Å²) in [6.07, 6.45) is 0.951. The first-order chi connectivity index (χ1) is 12.0. The maximum Gasteiger partial charge on any atom is 0.346 e. The van der Waals surface area contributed by atoms with Gasteiger partial charge >= 0.3 is 23.3 Å². The number of nitrogens with two attached hydrogens (primary N) is 2. The Hall–Kier alpha value is -3.84. The molecule has 0 saturated heterocycles. The zero-order valence-corrected chi connectivity index (χ0v) is 12.9. The molecule has 0 fully saturated rings. The third-order valence-electron chi connectivity index (χ3n) is 2.14. The lowest BCUT2D eigenvalue weighted by Crippen LogP contribution is -2.12. The fraction of sp³-hybridized carbons (Fsp3) is 0.167. The van der Waals surface area contributed by atoms with Crippen LogP contribution in [0.5, 0.6) is 0 Å². The Balaban J connectivity index is 0.000000362. The van der Waals surface area contributed by atoms with Crippen molar-refractivity contribution in [3.63, 3.8) is 0 Å². The second-order valence-electron chi connectivity index (χ2n) is 4.19. The molecule has 2 rings (SSSR count). The Morgan fingerprint density at radius 3 is 1.38 bits per heavy atom. The number of halogens is 2. The molecule has 0 spiro atoms. The number of carboxylic acids is 2. The van der Waals surface area contributed by atoms with Crippen LogP contribution < -0.4 is 22.8 Å². The minimum Gasteiger partial charge on any atom is -0.481 e. The van der Waals surface area contributed by atoms with Crippen LogP contribution >= 0.6 is 0 Å². The predicted octanol–water partition coefficient (Wildman–Crippen LogP) is -1.08. The van der Waals surface area contributed by atoms with Gasteiger partial charge < -0.3 is 21.7 Å². The Kier molecular flexibility index (Phi) is 9.24. The zero-order chi connectivity index (χ0) is 20.3. The molecular weight excluding hydrogens is 362 g/mol. The van der Waals surface area contributed by atoms with Crippen molar-refractivity contribution in [2.24, 2.45) is 0 Å². The number of carbonyl (C=O) groups is 2. The summed E-state index contributed by atoms with van der Waals surface area (Å²) < 4.78 is 24.3. The van der Waals surface area contributed by atoms with E-state index < -0.39 is 35.0 Å². The molecule has 8 N–H and O–H groups in total. The van der Waals surface area contributed by atoms with E-state index in [1.54, 1.807) is 0 Å². The molecule has 2 aromatic heterocycles. The highest BCUT2D eigenvalue weighted by atomic mass is 19.1. The lowest BCUT2D eigenvalue weighted by molar-refractivity contribution is -0.143. The summed E-state index contributed by atoms with van der Waals surface area (Å²) in [6, 6.07) is 0. The molecule has 0 amide bonds. The van der Waals surface area contributed by atoms with Crippen LogP contribution in [0.15, 0.2) is 22.0 Å². The van der Waals surface area contributed by atoms with E-state index >= 15 is 0 Å². The molecule has 14 heteroatoms. The second kappa shape index (κ2) is 10.8. The number of aliphatic carboxylic acids is 2. The smallest absolute Gasteiger partial charge is 0.346 e. The van der Waals surface area contributed by atoms with E-state index in [1.807, 2.05) is 9.97 Å². The predicted molar refractivity (Wildman–Crippen MR) is 83.0 cm³/mol. The molecule has 0 aliphatic carbocycles. The molecule has 0 atom stereocenters. The third-order valence-corrected chi connectivity index (χ3v) is 2.14. The van der Waals surface area contributed by atoms with Crippen LogP contribution in [0.25, 0.3) is 0 Å². The normalized spacial score (nSPS) is 9.15. The van der Waals surface area contributed by atoms with Gasteiger partial charge in [0.25, 0.3) is 0 Å². The van der Waals surface area contributed by atoms with E-state index in [4.69, 9.17) is 21.7 Å². The van der Waals surface area contributed by atoms with E-state index in [0.717, 1.165) is 12.4 Å². The number of hydrogen-bond donors (Lipinski definition) is 6. The average Bonchev–Trinajstić information content (AvgIpc) is 2.54. The first kappa shape index (κ1) is 22.2. The SMILES string of the molecule is Nc1[nH]c(=O)ncc1F.Nc1[nH]c(=O)ncc1F.O=C(O)CCC(=O)O. The molecule has 0 bridgehead atoms. The van der Waals surface area contributed by atoms with Gasteiger partial charge in [-0.15, -0.1) is 0 Å². The lowest BCUT2D eigenvalue weighted by atomic mass is 10.3. The van der Waals surface area contributed by atoms with Crippen LogP contribution in [0.3, 0.4) is 0 Å². The van der Waals surface area contributed by atoms with Crippen molar-refractivity contribution in [1.82, 2.24) is 19.9 Å². The highest BCUT2D eigenvalue weighted by Gasteiger charge is 2.00. The van der Waals surface area contributed by atoms with Gasteiger partial charge in [0.2, 0.25) is 0 Å². The van der Waals surface area contributed by atoms with Gasteiger partial charge in [-0.05, 0) is 0 Å². The van der Waals surface area contributed by atoms with E-state index in [9.17, 15) is 28.0 Å². The molecule has 2 aromatic rings. The van der Waals surface area contributed by atoms with Crippen LogP contribution in [0.2, 0.25) is 0 Å². The molecule has 0 saturated carbocycles. The van der Waals surface area contributed by atoms with Crippen LogP contribution in [0.4, 0.5) is 20.4 Å². The standard InChI is InChI=1S/2C4H4FN3O.C4H6O4/c2*5-2-1-7-4(9)8-3(2)6;5-3(6)1-2-4(7)8/h2*1H,(H3,6,7,8,9);1-2H2,(H,5,6)(H,7,8). The quantitative estimate of drug-likeness (QED) is 0.380. The van der Waals surface area contributed by atoms with Gasteiger partial charge in [0.1, 0.15) is 11.6 Å². The third kappa shape index (κ3) is 10.0. The average molecular weight is 376 g/mol. The summed E-state index contributed by atoms with van der Waals surface area (Å²) in [7, 11) is 0. The number of aromatic nitrogens is 4. The first-order valence-corrected chi connectivity index (χ1v) is 6.47. The Bertz CT molecular complexity index is 796. The van der Waals surface area contributed by atoms with Crippen molar-refractivity contribution in [2.45, 2.75) is 12.8 Å². The highest BCUT2D eigenvalue weighted by molar-refractivity contribution is 5.75.